The number of benzene rings is 2. The van der Waals surface area contributed by atoms with Crippen LogP contribution in [0.2, 0.25) is 0 Å². The Balaban J connectivity index is 1.56. The minimum atomic E-state index is -0.567. The average Bonchev–Trinajstić information content (AvgIpc) is 2.64. The average molecular weight is 341 g/mol. The second-order valence-electron chi connectivity index (χ2n) is 5.65. The summed E-state index contributed by atoms with van der Waals surface area (Å²) in [7, 11) is 0. The third-order valence-corrected chi connectivity index (χ3v) is 3.61. The number of para-hydroxylation sites is 1. The van der Waals surface area contributed by atoms with Gasteiger partial charge in [-0.3, -0.25) is 4.79 Å². The highest BCUT2D eigenvalue weighted by Gasteiger charge is 2.09. The number of hydrogen-bond donors (Lipinski definition) is 1. The van der Waals surface area contributed by atoms with Crippen molar-refractivity contribution in [1.82, 2.24) is 5.32 Å². The third-order valence-electron chi connectivity index (χ3n) is 3.61. The van der Waals surface area contributed by atoms with E-state index in [1.54, 1.807) is 6.07 Å². The van der Waals surface area contributed by atoms with E-state index in [4.69, 9.17) is 9.47 Å². The largest absolute Gasteiger partial charge is 0.482 e. The van der Waals surface area contributed by atoms with E-state index >= 15 is 0 Å². The van der Waals surface area contributed by atoms with Crippen LogP contribution in [-0.2, 0) is 20.7 Å². The lowest BCUT2D eigenvalue weighted by Gasteiger charge is -2.09. The molecule has 0 saturated carbocycles. The quantitative estimate of drug-likeness (QED) is 0.562. The van der Waals surface area contributed by atoms with Crippen molar-refractivity contribution >= 4 is 11.9 Å². The summed E-state index contributed by atoms with van der Waals surface area (Å²) in [5.41, 5.74) is 2.17. The normalized spacial score (nSPS) is 10.1. The molecular formula is C20H23NO4. The van der Waals surface area contributed by atoms with Crippen LogP contribution in [0.3, 0.4) is 0 Å². The van der Waals surface area contributed by atoms with Crippen LogP contribution in [0, 0.1) is 6.92 Å². The van der Waals surface area contributed by atoms with Crippen molar-refractivity contribution in [3.63, 3.8) is 0 Å². The molecule has 5 nitrogen and oxygen atoms in total. The Morgan fingerprint density at radius 2 is 1.68 bits per heavy atom. The molecule has 0 aliphatic carbocycles. The van der Waals surface area contributed by atoms with Gasteiger partial charge in [-0.2, -0.15) is 0 Å². The van der Waals surface area contributed by atoms with Crippen LogP contribution in [0.15, 0.2) is 54.6 Å². The van der Waals surface area contributed by atoms with E-state index in [2.05, 4.69) is 17.4 Å². The Labute approximate surface area is 148 Å². The Hall–Kier alpha value is -2.82. The number of ether oxygens (including phenoxy) is 2. The molecule has 0 radical (unpaired) electrons. The first-order chi connectivity index (χ1) is 12.1. The first kappa shape index (κ1) is 18.5. The van der Waals surface area contributed by atoms with E-state index in [9.17, 15) is 9.59 Å². The van der Waals surface area contributed by atoms with E-state index in [1.807, 2.05) is 43.3 Å². The maximum atomic E-state index is 11.7. The van der Waals surface area contributed by atoms with Gasteiger partial charge >= 0.3 is 5.97 Å². The number of hydrogen-bond acceptors (Lipinski definition) is 4. The Kier molecular flexibility index (Phi) is 7.50. The van der Waals surface area contributed by atoms with Gasteiger partial charge in [-0.25, -0.2) is 4.79 Å². The van der Waals surface area contributed by atoms with Gasteiger partial charge in [0.15, 0.2) is 13.2 Å². The number of aryl methyl sites for hydroxylation is 2. The molecule has 2 aromatic rings. The maximum absolute atomic E-state index is 11.7. The molecular weight excluding hydrogens is 318 g/mol. The van der Waals surface area contributed by atoms with E-state index in [0.29, 0.717) is 12.3 Å². The molecule has 5 heteroatoms. The van der Waals surface area contributed by atoms with Crippen LogP contribution in [0.4, 0.5) is 0 Å². The monoisotopic (exact) mass is 341 g/mol. The summed E-state index contributed by atoms with van der Waals surface area (Å²) in [5.74, 6) is -0.246. The second kappa shape index (κ2) is 10.1. The summed E-state index contributed by atoms with van der Waals surface area (Å²) in [6, 6.07) is 17.5. The Morgan fingerprint density at radius 1 is 0.960 bits per heavy atom. The molecule has 132 valence electrons. The summed E-state index contributed by atoms with van der Waals surface area (Å²) in [6.07, 6.45) is 1.73. The van der Waals surface area contributed by atoms with Crippen molar-refractivity contribution in [2.45, 2.75) is 19.8 Å². The molecule has 0 aliphatic heterocycles. The third kappa shape index (κ3) is 7.08. The van der Waals surface area contributed by atoms with Gasteiger partial charge in [-0.05, 0) is 37.0 Å². The van der Waals surface area contributed by atoms with E-state index in [0.717, 1.165) is 18.4 Å². The standard InChI is InChI=1S/C20H23NO4/c1-16-8-5-6-12-18(16)24-15-20(23)25-14-19(22)21-13-7-11-17-9-3-2-4-10-17/h2-6,8-10,12H,7,11,13-15H2,1H3,(H,21,22). The molecule has 1 N–H and O–H groups in total. The molecule has 2 rings (SSSR count). The molecule has 1 amide bonds. The fraction of sp³-hybridized carbons (Fsp3) is 0.300. The molecule has 0 bridgehead atoms. The van der Waals surface area contributed by atoms with E-state index < -0.39 is 5.97 Å². The van der Waals surface area contributed by atoms with Crippen LogP contribution in [0.1, 0.15) is 17.5 Å². The Morgan fingerprint density at radius 3 is 2.44 bits per heavy atom. The van der Waals surface area contributed by atoms with Gasteiger partial charge in [0.05, 0.1) is 0 Å². The van der Waals surface area contributed by atoms with Crippen LogP contribution < -0.4 is 10.1 Å². The van der Waals surface area contributed by atoms with Gasteiger partial charge in [-0.1, -0.05) is 48.5 Å². The molecule has 0 unspecified atom stereocenters. The predicted molar refractivity (Wildman–Crippen MR) is 95.4 cm³/mol. The summed E-state index contributed by atoms with van der Waals surface area (Å²) in [4.78, 5) is 23.3. The summed E-state index contributed by atoms with van der Waals surface area (Å²) in [6.45, 7) is 1.93. The number of nitrogens with one attached hydrogen (secondary N) is 1. The minimum absolute atomic E-state index is 0.216. The summed E-state index contributed by atoms with van der Waals surface area (Å²) in [5, 5.41) is 2.73. The highest BCUT2D eigenvalue weighted by atomic mass is 16.6. The van der Waals surface area contributed by atoms with Gasteiger partial charge in [-0.15, -0.1) is 0 Å². The molecule has 0 atom stereocenters. The van der Waals surface area contributed by atoms with Crippen molar-refractivity contribution in [2.75, 3.05) is 19.8 Å². The highest BCUT2D eigenvalue weighted by molar-refractivity contribution is 5.80. The highest BCUT2D eigenvalue weighted by Crippen LogP contribution is 2.15. The van der Waals surface area contributed by atoms with Gasteiger partial charge in [0.2, 0.25) is 0 Å². The maximum Gasteiger partial charge on any atom is 0.344 e. The smallest absolute Gasteiger partial charge is 0.344 e. The summed E-state index contributed by atoms with van der Waals surface area (Å²) < 4.78 is 10.3. The molecule has 0 saturated heterocycles. The SMILES string of the molecule is Cc1ccccc1OCC(=O)OCC(=O)NCCCc1ccccc1. The first-order valence-electron chi connectivity index (χ1n) is 8.30. The molecule has 0 heterocycles. The van der Waals surface area contributed by atoms with Crippen molar-refractivity contribution in [1.29, 1.82) is 0 Å². The van der Waals surface area contributed by atoms with Crippen molar-refractivity contribution in [3.8, 4) is 5.75 Å². The number of carbonyl (C=O) groups is 2. The van der Waals surface area contributed by atoms with Crippen LogP contribution in [-0.4, -0.2) is 31.6 Å². The predicted octanol–water partition coefficient (Wildman–Crippen LogP) is 2.67. The van der Waals surface area contributed by atoms with E-state index in [-0.39, 0.29) is 19.1 Å². The van der Waals surface area contributed by atoms with Crippen LogP contribution >= 0.6 is 0 Å². The zero-order valence-corrected chi connectivity index (χ0v) is 14.4. The lowest BCUT2D eigenvalue weighted by atomic mass is 10.1. The topological polar surface area (TPSA) is 64.6 Å². The zero-order valence-electron chi connectivity index (χ0n) is 14.4. The molecule has 2 aromatic carbocycles. The number of rotatable bonds is 9. The molecule has 0 aliphatic rings. The van der Waals surface area contributed by atoms with Gasteiger partial charge in [0, 0.05) is 6.54 Å². The fourth-order valence-corrected chi connectivity index (χ4v) is 2.26. The van der Waals surface area contributed by atoms with Crippen LogP contribution in [0.5, 0.6) is 5.75 Å². The molecule has 0 spiro atoms. The lowest BCUT2D eigenvalue weighted by Crippen LogP contribution is -2.30. The Bertz CT molecular complexity index is 685. The van der Waals surface area contributed by atoms with Crippen molar-refractivity contribution < 1.29 is 19.1 Å². The van der Waals surface area contributed by atoms with E-state index in [1.165, 1.54) is 5.56 Å². The number of amides is 1. The molecule has 0 fully saturated rings. The van der Waals surface area contributed by atoms with Crippen LogP contribution in [0.25, 0.3) is 0 Å². The second-order valence-corrected chi connectivity index (χ2v) is 5.65. The summed E-state index contributed by atoms with van der Waals surface area (Å²) >= 11 is 0. The van der Waals surface area contributed by atoms with Gasteiger partial charge in [0.25, 0.3) is 5.91 Å². The first-order valence-corrected chi connectivity index (χ1v) is 8.30. The van der Waals surface area contributed by atoms with Gasteiger partial charge in [0.1, 0.15) is 5.75 Å². The number of esters is 1. The lowest BCUT2D eigenvalue weighted by molar-refractivity contribution is -0.150. The molecule has 0 aromatic heterocycles. The van der Waals surface area contributed by atoms with Gasteiger partial charge < -0.3 is 14.8 Å². The molecule has 25 heavy (non-hydrogen) atoms. The fourth-order valence-electron chi connectivity index (χ4n) is 2.26. The van der Waals surface area contributed by atoms with Crippen molar-refractivity contribution in [3.05, 3.63) is 65.7 Å². The minimum Gasteiger partial charge on any atom is -0.482 e. The zero-order chi connectivity index (χ0) is 17.9. The van der Waals surface area contributed by atoms with Crippen molar-refractivity contribution in [2.24, 2.45) is 0 Å². The number of carbonyl (C=O) groups excluding carboxylic acids is 2.